The lowest BCUT2D eigenvalue weighted by atomic mass is 10.2. The molecule has 1 amide bonds. The first-order valence-electron chi connectivity index (χ1n) is 10.0. The molecule has 164 valence electrons. The monoisotopic (exact) mass is 433 g/mol. The molecular weight excluding hydrogens is 411 g/mol. The number of rotatable bonds is 8. The number of halogens is 3. The van der Waals surface area contributed by atoms with Gasteiger partial charge in [0, 0.05) is 25.6 Å². The van der Waals surface area contributed by atoms with Crippen molar-refractivity contribution in [2.24, 2.45) is 0 Å². The van der Waals surface area contributed by atoms with E-state index in [1.807, 2.05) is 6.92 Å². The summed E-state index contributed by atoms with van der Waals surface area (Å²) < 4.78 is 43.9. The molecule has 2 N–H and O–H groups in total. The third kappa shape index (κ3) is 4.18. The number of carbonyl (C=O) groups is 1. The van der Waals surface area contributed by atoms with Gasteiger partial charge in [-0.25, -0.2) is 28.1 Å². The Hall–Kier alpha value is -3.21. The average Bonchev–Trinajstić information content (AvgIpc) is 3.38. The van der Waals surface area contributed by atoms with Gasteiger partial charge in [0.25, 0.3) is 0 Å². The Morgan fingerprint density at radius 3 is 2.77 bits per heavy atom. The first kappa shape index (κ1) is 21.0. The molecule has 4 rings (SSSR count). The van der Waals surface area contributed by atoms with Crippen molar-refractivity contribution in [3.63, 3.8) is 0 Å². The smallest absolute Gasteiger partial charge is 0.228 e. The van der Waals surface area contributed by atoms with Crippen molar-refractivity contribution < 1.29 is 18.0 Å². The summed E-state index contributed by atoms with van der Waals surface area (Å²) in [6.07, 6.45) is 5.63. The van der Waals surface area contributed by atoms with Crippen molar-refractivity contribution in [1.29, 1.82) is 0 Å². The van der Waals surface area contributed by atoms with Crippen LogP contribution < -0.4 is 15.5 Å². The standard InChI is InChI=1S/C20H22F3N7O/c1-2-24-8-12(7-21)27-20-14(23)6-13(22)19(28-20)15-9-25-16-10-26-17(11-30(15)16)29-5-3-4-18(29)31/h6,9-12,24H,2-5,7-8H2,1H3,(H,27,28)/t12-/m1/s1. The largest absolute Gasteiger partial charge is 0.361 e. The molecule has 1 aliphatic rings. The van der Waals surface area contributed by atoms with E-state index in [1.165, 1.54) is 12.4 Å². The Kier molecular flexibility index (Phi) is 6.03. The van der Waals surface area contributed by atoms with Gasteiger partial charge >= 0.3 is 0 Å². The van der Waals surface area contributed by atoms with Crippen LogP contribution in [0.3, 0.4) is 0 Å². The number of nitrogens with one attached hydrogen (secondary N) is 2. The minimum Gasteiger partial charge on any atom is -0.361 e. The molecule has 1 saturated heterocycles. The first-order chi connectivity index (χ1) is 15.0. The summed E-state index contributed by atoms with van der Waals surface area (Å²) >= 11 is 0. The molecule has 11 heteroatoms. The van der Waals surface area contributed by atoms with Crippen LogP contribution in [0, 0.1) is 11.6 Å². The molecule has 0 spiro atoms. The molecule has 0 radical (unpaired) electrons. The number of likely N-dealkylation sites (N-methyl/N-ethyl adjacent to an activating group) is 1. The van der Waals surface area contributed by atoms with Gasteiger partial charge in [0.1, 0.15) is 12.4 Å². The summed E-state index contributed by atoms with van der Waals surface area (Å²) in [6.45, 7) is 2.55. The fraction of sp³-hybridized carbons (Fsp3) is 0.400. The molecule has 0 aromatic carbocycles. The van der Waals surface area contributed by atoms with E-state index in [0.717, 1.165) is 6.42 Å². The number of aromatic nitrogens is 4. The Balaban J connectivity index is 1.72. The zero-order valence-corrected chi connectivity index (χ0v) is 16.9. The molecular formula is C20H22F3N7O. The van der Waals surface area contributed by atoms with Crippen LogP contribution in [0.2, 0.25) is 0 Å². The van der Waals surface area contributed by atoms with Crippen molar-refractivity contribution in [1.82, 2.24) is 24.7 Å². The molecule has 3 aromatic rings. The van der Waals surface area contributed by atoms with Crippen LogP contribution in [-0.4, -0.2) is 57.6 Å². The number of nitrogens with zero attached hydrogens (tertiary/aromatic N) is 5. The predicted octanol–water partition coefficient (Wildman–Crippen LogP) is 2.56. The molecule has 0 aliphatic carbocycles. The molecule has 0 unspecified atom stereocenters. The zero-order valence-electron chi connectivity index (χ0n) is 16.9. The van der Waals surface area contributed by atoms with Gasteiger partial charge in [0.2, 0.25) is 5.91 Å². The summed E-state index contributed by atoms with van der Waals surface area (Å²) in [4.78, 5) is 26.2. The molecule has 0 saturated carbocycles. The highest BCUT2D eigenvalue weighted by molar-refractivity contribution is 5.94. The summed E-state index contributed by atoms with van der Waals surface area (Å²) in [7, 11) is 0. The van der Waals surface area contributed by atoms with E-state index in [1.54, 1.807) is 15.5 Å². The highest BCUT2D eigenvalue weighted by Gasteiger charge is 2.24. The Bertz CT molecular complexity index is 1100. The minimum absolute atomic E-state index is 0.0379. The van der Waals surface area contributed by atoms with Crippen LogP contribution in [-0.2, 0) is 4.79 Å². The molecule has 1 fully saturated rings. The van der Waals surface area contributed by atoms with E-state index in [2.05, 4.69) is 25.6 Å². The van der Waals surface area contributed by atoms with Crippen molar-refractivity contribution in [3.05, 3.63) is 36.3 Å². The summed E-state index contributed by atoms with van der Waals surface area (Å²) in [5.41, 5.74) is 0.524. The maximum Gasteiger partial charge on any atom is 0.228 e. The van der Waals surface area contributed by atoms with Crippen molar-refractivity contribution in [3.8, 4) is 11.4 Å². The Morgan fingerprint density at radius 2 is 2.06 bits per heavy atom. The number of hydrogen-bond donors (Lipinski definition) is 2. The number of anilines is 2. The van der Waals surface area contributed by atoms with Crippen molar-refractivity contribution >= 4 is 23.2 Å². The van der Waals surface area contributed by atoms with Gasteiger partial charge in [-0.15, -0.1) is 0 Å². The Morgan fingerprint density at radius 1 is 1.23 bits per heavy atom. The molecule has 31 heavy (non-hydrogen) atoms. The molecule has 0 bridgehead atoms. The van der Waals surface area contributed by atoms with Crippen LogP contribution in [0.25, 0.3) is 17.0 Å². The van der Waals surface area contributed by atoms with Gasteiger partial charge in [0.15, 0.2) is 28.9 Å². The van der Waals surface area contributed by atoms with Crippen LogP contribution in [0.5, 0.6) is 0 Å². The van der Waals surface area contributed by atoms with E-state index in [4.69, 9.17) is 0 Å². The lowest BCUT2D eigenvalue weighted by molar-refractivity contribution is -0.117. The third-order valence-corrected chi connectivity index (χ3v) is 5.07. The molecule has 8 nitrogen and oxygen atoms in total. The Labute approximate surface area is 176 Å². The quantitative estimate of drug-likeness (QED) is 0.568. The van der Waals surface area contributed by atoms with Gasteiger partial charge in [-0.05, 0) is 13.0 Å². The maximum absolute atomic E-state index is 14.7. The van der Waals surface area contributed by atoms with Gasteiger partial charge in [0.05, 0.1) is 30.3 Å². The lowest BCUT2D eigenvalue weighted by Gasteiger charge is -2.18. The van der Waals surface area contributed by atoms with E-state index < -0.39 is 24.4 Å². The predicted molar refractivity (Wildman–Crippen MR) is 110 cm³/mol. The molecule has 1 aliphatic heterocycles. The van der Waals surface area contributed by atoms with E-state index in [9.17, 15) is 18.0 Å². The SMILES string of the molecule is CCNC[C@@H](CF)Nc1nc(-c2cnc3cnc(N4CCCC4=O)cn23)c(F)cc1F. The number of alkyl halides is 1. The summed E-state index contributed by atoms with van der Waals surface area (Å²) in [5, 5.41) is 5.66. The van der Waals surface area contributed by atoms with Crippen molar-refractivity contribution in [2.45, 2.75) is 25.8 Å². The van der Waals surface area contributed by atoms with Crippen LogP contribution >= 0.6 is 0 Å². The maximum atomic E-state index is 14.7. The highest BCUT2D eigenvalue weighted by atomic mass is 19.1. The normalized spacial score (nSPS) is 15.1. The van der Waals surface area contributed by atoms with Crippen LogP contribution in [0.1, 0.15) is 19.8 Å². The van der Waals surface area contributed by atoms with E-state index in [-0.39, 0.29) is 29.7 Å². The number of fused-ring (bicyclic) bond motifs is 1. The number of imidazole rings is 1. The number of amides is 1. The molecule has 1 atom stereocenters. The number of carbonyl (C=O) groups excluding carboxylic acids is 1. The fourth-order valence-corrected chi connectivity index (χ4v) is 3.49. The fourth-order valence-electron chi connectivity index (χ4n) is 3.49. The van der Waals surface area contributed by atoms with Gasteiger partial charge in [-0.1, -0.05) is 6.92 Å². The molecule has 4 heterocycles. The van der Waals surface area contributed by atoms with E-state index >= 15 is 0 Å². The number of pyridine rings is 1. The van der Waals surface area contributed by atoms with Gasteiger partial charge < -0.3 is 10.6 Å². The number of hydrogen-bond acceptors (Lipinski definition) is 6. The molecule has 3 aromatic heterocycles. The van der Waals surface area contributed by atoms with Crippen molar-refractivity contribution in [2.75, 3.05) is 36.5 Å². The second-order valence-corrected chi connectivity index (χ2v) is 7.22. The summed E-state index contributed by atoms with van der Waals surface area (Å²) in [6, 6.07) is -0.0157. The lowest BCUT2D eigenvalue weighted by Crippen LogP contribution is -2.35. The van der Waals surface area contributed by atoms with Crippen LogP contribution in [0.4, 0.5) is 24.8 Å². The van der Waals surface area contributed by atoms with Crippen LogP contribution in [0.15, 0.2) is 24.7 Å². The minimum atomic E-state index is -0.921. The average molecular weight is 433 g/mol. The summed E-state index contributed by atoms with van der Waals surface area (Å²) in [5.74, 6) is -1.68. The van der Waals surface area contributed by atoms with Gasteiger partial charge in [-0.2, -0.15) is 0 Å². The zero-order chi connectivity index (χ0) is 22.0. The highest BCUT2D eigenvalue weighted by Crippen LogP contribution is 2.27. The topological polar surface area (TPSA) is 87.4 Å². The second kappa shape index (κ2) is 8.88. The first-order valence-corrected chi connectivity index (χ1v) is 10.0. The third-order valence-electron chi connectivity index (χ3n) is 5.07. The van der Waals surface area contributed by atoms with Gasteiger partial charge in [-0.3, -0.25) is 14.1 Å². The van der Waals surface area contributed by atoms with E-state index in [0.29, 0.717) is 37.0 Å². The second-order valence-electron chi connectivity index (χ2n) is 7.22.